The number of likely N-dealkylation sites (tertiary alicyclic amines) is 1. The average Bonchev–Trinajstić information content (AvgIpc) is 2.28. The molecule has 0 aromatic heterocycles. The number of piperidine rings is 1. The zero-order chi connectivity index (χ0) is 13.3. The number of ether oxygens (including phenoxy) is 1. The van der Waals surface area contributed by atoms with Crippen molar-refractivity contribution in [2.24, 2.45) is 11.3 Å². The summed E-state index contributed by atoms with van der Waals surface area (Å²) in [5.41, 5.74) is -0.608. The molecule has 0 aromatic rings. The van der Waals surface area contributed by atoms with Gasteiger partial charge in [-0.15, -0.1) is 0 Å². The van der Waals surface area contributed by atoms with Gasteiger partial charge in [-0.1, -0.05) is 0 Å². The first-order valence-electron chi connectivity index (χ1n) is 6.95. The van der Waals surface area contributed by atoms with Crippen LogP contribution >= 0.6 is 0 Å². The van der Waals surface area contributed by atoms with E-state index in [4.69, 9.17) is 4.74 Å². The van der Waals surface area contributed by atoms with Gasteiger partial charge in [0.15, 0.2) is 0 Å². The van der Waals surface area contributed by atoms with E-state index < -0.39 is 11.4 Å². The largest absolute Gasteiger partial charge is 0.481 e. The van der Waals surface area contributed by atoms with Crippen molar-refractivity contribution >= 4 is 5.97 Å². The maximum absolute atomic E-state index is 11.3. The standard InChI is InChI=1S/C14H25NO3/c1-14(2,13(16)17)10-5-4-6-15(9-10)11-7-12(8-11)18-3/h10-12H,4-9H2,1-3H3,(H,16,17). The second-order valence-electron chi connectivity index (χ2n) is 6.34. The number of rotatable bonds is 4. The molecule has 2 fully saturated rings. The van der Waals surface area contributed by atoms with Gasteiger partial charge < -0.3 is 9.84 Å². The van der Waals surface area contributed by atoms with Crippen molar-refractivity contribution in [3.05, 3.63) is 0 Å². The number of carboxylic acid groups (broad SMARTS) is 1. The number of carboxylic acids is 1. The smallest absolute Gasteiger partial charge is 0.309 e. The highest BCUT2D eigenvalue weighted by molar-refractivity contribution is 5.74. The molecule has 1 unspecified atom stereocenters. The molecule has 1 heterocycles. The molecular weight excluding hydrogens is 230 g/mol. The number of nitrogens with zero attached hydrogens (tertiary/aromatic N) is 1. The molecule has 0 bridgehead atoms. The van der Waals surface area contributed by atoms with Crippen LogP contribution in [0.5, 0.6) is 0 Å². The highest BCUT2D eigenvalue weighted by Gasteiger charge is 2.42. The average molecular weight is 255 g/mol. The second kappa shape index (κ2) is 5.17. The fourth-order valence-electron chi connectivity index (χ4n) is 3.13. The van der Waals surface area contributed by atoms with Crippen molar-refractivity contribution in [3.8, 4) is 0 Å². The van der Waals surface area contributed by atoms with Crippen LogP contribution < -0.4 is 0 Å². The summed E-state index contributed by atoms with van der Waals surface area (Å²) in [5, 5.41) is 9.33. The van der Waals surface area contributed by atoms with Crippen molar-refractivity contribution in [2.75, 3.05) is 20.2 Å². The van der Waals surface area contributed by atoms with Crippen LogP contribution in [0.3, 0.4) is 0 Å². The Hall–Kier alpha value is -0.610. The van der Waals surface area contributed by atoms with Crippen molar-refractivity contribution in [2.45, 2.75) is 51.7 Å². The predicted octanol–water partition coefficient (Wildman–Crippen LogP) is 1.99. The SMILES string of the molecule is COC1CC(N2CCCC(C(C)(C)C(=O)O)C2)C1. The Bertz CT molecular complexity index is 310. The van der Waals surface area contributed by atoms with E-state index in [1.807, 2.05) is 13.8 Å². The fraction of sp³-hybridized carbons (Fsp3) is 0.929. The Morgan fingerprint density at radius 1 is 1.39 bits per heavy atom. The first kappa shape index (κ1) is 13.8. The van der Waals surface area contributed by atoms with Gasteiger partial charge in [-0.05, 0) is 52.0 Å². The molecule has 1 aliphatic heterocycles. The molecule has 4 nitrogen and oxygen atoms in total. The Morgan fingerprint density at radius 2 is 2.06 bits per heavy atom. The Labute approximate surface area is 109 Å². The lowest BCUT2D eigenvalue weighted by Gasteiger charge is -2.47. The zero-order valence-corrected chi connectivity index (χ0v) is 11.7. The van der Waals surface area contributed by atoms with Crippen LogP contribution in [0.15, 0.2) is 0 Å². The van der Waals surface area contributed by atoms with E-state index >= 15 is 0 Å². The summed E-state index contributed by atoms with van der Waals surface area (Å²) >= 11 is 0. The van der Waals surface area contributed by atoms with Gasteiger partial charge in [0.25, 0.3) is 0 Å². The first-order chi connectivity index (χ1) is 8.45. The van der Waals surface area contributed by atoms with Crippen LogP contribution in [-0.4, -0.2) is 48.3 Å². The molecule has 0 amide bonds. The van der Waals surface area contributed by atoms with E-state index in [0.29, 0.717) is 12.1 Å². The van der Waals surface area contributed by atoms with Gasteiger partial charge in [0.05, 0.1) is 11.5 Å². The maximum Gasteiger partial charge on any atom is 0.309 e. The molecule has 1 N–H and O–H groups in total. The summed E-state index contributed by atoms with van der Waals surface area (Å²) in [6.07, 6.45) is 4.79. The number of hydrogen-bond donors (Lipinski definition) is 1. The second-order valence-corrected chi connectivity index (χ2v) is 6.34. The Balaban J connectivity index is 1.91. The number of methoxy groups -OCH3 is 1. The minimum atomic E-state index is -0.669. The van der Waals surface area contributed by atoms with E-state index in [-0.39, 0.29) is 5.92 Å². The molecule has 0 radical (unpaired) electrons. The molecule has 1 atom stereocenters. The third-order valence-electron chi connectivity index (χ3n) is 4.94. The molecule has 0 aromatic carbocycles. The molecule has 18 heavy (non-hydrogen) atoms. The van der Waals surface area contributed by atoms with E-state index in [2.05, 4.69) is 4.90 Å². The van der Waals surface area contributed by atoms with Crippen LogP contribution in [-0.2, 0) is 9.53 Å². The lowest BCUT2D eigenvalue weighted by atomic mass is 9.73. The van der Waals surface area contributed by atoms with Crippen LogP contribution in [0.4, 0.5) is 0 Å². The zero-order valence-electron chi connectivity index (χ0n) is 11.7. The Morgan fingerprint density at radius 3 is 2.61 bits per heavy atom. The lowest BCUT2D eigenvalue weighted by Crippen LogP contribution is -2.53. The molecule has 0 spiro atoms. The van der Waals surface area contributed by atoms with Gasteiger partial charge in [-0.2, -0.15) is 0 Å². The molecule has 104 valence electrons. The minimum Gasteiger partial charge on any atom is -0.481 e. The van der Waals surface area contributed by atoms with Crippen molar-refractivity contribution < 1.29 is 14.6 Å². The summed E-state index contributed by atoms with van der Waals surface area (Å²) in [4.78, 5) is 13.8. The van der Waals surface area contributed by atoms with Crippen molar-refractivity contribution in [1.29, 1.82) is 0 Å². The van der Waals surface area contributed by atoms with E-state index in [1.54, 1.807) is 7.11 Å². The summed E-state index contributed by atoms with van der Waals surface area (Å²) in [6.45, 7) is 5.78. The van der Waals surface area contributed by atoms with Crippen molar-refractivity contribution in [3.63, 3.8) is 0 Å². The Kier molecular flexibility index (Phi) is 3.97. The number of hydrogen-bond acceptors (Lipinski definition) is 3. The van der Waals surface area contributed by atoms with E-state index in [0.717, 1.165) is 38.8 Å². The summed E-state index contributed by atoms with van der Waals surface area (Å²) < 4.78 is 5.32. The molecule has 4 heteroatoms. The van der Waals surface area contributed by atoms with Crippen LogP contribution in [0.2, 0.25) is 0 Å². The third-order valence-corrected chi connectivity index (χ3v) is 4.94. The third kappa shape index (κ3) is 2.54. The van der Waals surface area contributed by atoms with Crippen LogP contribution in [0.25, 0.3) is 0 Å². The first-order valence-corrected chi connectivity index (χ1v) is 6.95. The van der Waals surface area contributed by atoms with Gasteiger partial charge in [-0.25, -0.2) is 0 Å². The summed E-state index contributed by atoms with van der Waals surface area (Å²) in [6, 6.07) is 0.613. The quantitative estimate of drug-likeness (QED) is 0.834. The van der Waals surface area contributed by atoms with Gasteiger partial charge in [-0.3, -0.25) is 9.69 Å². The fourth-order valence-corrected chi connectivity index (χ4v) is 3.13. The van der Waals surface area contributed by atoms with Crippen LogP contribution in [0, 0.1) is 11.3 Å². The minimum absolute atomic E-state index is 0.269. The molecule has 1 saturated heterocycles. The normalized spacial score (nSPS) is 34.1. The van der Waals surface area contributed by atoms with Gasteiger partial charge in [0.2, 0.25) is 0 Å². The van der Waals surface area contributed by atoms with Gasteiger partial charge in [0, 0.05) is 19.7 Å². The topological polar surface area (TPSA) is 49.8 Å². The lowest BCUT2D eigenvalue weighted by molar-refractivity contribution is -0.152. The molecule has 1 saturated carbocycles. The predicted molar refractivity (Wildman–Crippen MR) is 69.5 cm³/mol. The van der Waals surface area contributed by atoms with E-state index in [1.165, 1.54) is 0 Å². The number of carbonyl (C=O) groups is 1. The van der Waals surface area contributed by atoms with Crippen LogP contribution in [0.1, 0.15) is 39.5 Å². The molecular formula is C14H25NO3. The summed E-state index contributed by atoms with van der Waals surface area (Å²) in [7, 11) is 1.77. The molecule has 2 aliphatic rings. The molecule has 1 aliphatic carbocycles. The van der Waals surface area contributed by atoms with Gasteiger partial charge in [0.1, 0.15) is 0 Å². The maximum atomic E-state index is 11.3. The summed E-state index contributed by atoms with van der Waals surface area (Å²) in [5.74, 6) is -0.400. The van der Waals surface area contributed by atoms with E-state index in [9.17, 15) is 9.90 Å². The number of aliphatic carboxylic acids is 1. The van der Waals surface area contributed by atoms with Gasteiger partial charge >= 0.3 is 5.97 Å². The highest BCUT2D eigenvalue weighted by Crippen LogP contribution is 2.37. The molecule has 2 rings (SSSR count). The van der Waals surface area contributed by atoms with Crippen molar-refractivity contribution in [1.82, 2.24) is 4.90 Å². The highest BCUT2D eigenvalue weighted by atomic mass is 16.5. The monoisotopic (exact) mass is 255 g/mol.